The Balaban J connectivity index is 1.58. The van der Waals surface area contributed by atoms with E-state index >= 15 is 0 Å². The standard InChI is InChI=1S/C18H15ClN6OS/c1-26-15-8-2-12(3-9-15)11-24-22-17(21-23-24)16-10-20-25(18(16)27)14-6-4-13(19)5-7-14/h2-10,20H,11H2,1H3. The third kappa shape index (κ3) is 3.62. The Kier molecular flexibility index (Phi) is 4.74. The van der Waals surface area contributed by atoms with E-state index in [0.29, 0.717) is 27.6 Å². The van der Waals surface area contributed by atoms with E-state index < -0.39 is 0 Å². The average Bonchev–Trinajstić information content (AvgIpc) is 3.29. The Hall–Kier alpha value is -2.97. The lowest BCUT2D eigenvalue weighted by Crippen LogP contribution is -2.04. The first-order chi connectivity index (χ1) is 13.1. The summed E-state index contributed by atoms with van der Waals surface area (Å²) in [6, 6.07) is 15.1. The number of ether oxygens (including phenoxy) is 1. The molecule has 0 bridgehead atoms. The molecule has 0 aliphatic carbocycles. The molecule has 0 spiro atoms. The van der Waals surface area contributed by atoms with Crippen molar-refractivity contribution in [2.24, 2.45) is 0 Å². The molecule has 2 aromatic heterocycles. The minimum absolute atomic E-state index is 0.470. The van der Waals surface area contributed by atoms with Crippen molar-refractivity contribution >= 4 is 23.8 Å². The number of nitrogens with zero attached hydrogens (tertiary/aromatic N) is 5. The normalized spacial score (nSPS) is 10.9. The van der Waals surface area contributed by atoms with Gasteiger partial charge in [-0.25, -0.2) is 4.68 Å². The lowest BCUT2D eigenvalue weighted by atomic mass is 10.2. The SMILES string of the molecule is COc1ccc(Cn2nnc(-c3c[nH]n(-c4ccc(Cl)cc4)c3=S)n2)cc1. The Morgan fingerprint density at radius 2 is 1.85 bits per heavy atom. The summed E-state index contributed by atoms with van der Waals surface area (Å²) in [5.74, 6) is 1.28. The lowest BCUT2D eigenvalue weighted by Gasteiger charge is -2.02. The third-order valence-electron chi connectivity index (χ3n) is 4.03. The number of aromatic nitrogens is 6. The number of nitrogens with one attached hydrogen (secondary N) is 1. The van der Waals surface area contributed by atoms with Gasteiger partial charge in [-0.05, 0) is 47.2 Å². The Labute approximate surface area is 165 Å². The molecule has 0 aliphatic rings. The van der Waals surface area contributed by atoms with Gasteiger partial charge in [0.15, 0.2) is 0 Å². The zero-order chi connectivity index (χ0) is 18.8. The van der Waals surface area contributed by atoms with Gasteiger partial charge in [0.05, 0.1) is 24.9 Å². The van der Waals surface area contributed by atoms with Crippen LogP contribution in [0.25, 0.3) is 17.1 Å². The first kappa shape index (κ1) is 17.4. The fourth-order valence-electron chi connectivity index (χ4n) is 2.62. The number of H-pyrrole nitrogens is 1. The van der Waals surface area contributed by atoms with E-state index in [1.54, 1.807) is 18.0 Å². The molecule has 2 aromatic carbocycles. The molecule has 27 heavy (non-hydrogen) atoms. The molecule has 0 saturated carbocycles. The molecule has 0 aliphatic heterocycles. The van der Waals surface area contributed by atoms with Gasteiger partial charge in [-0.2, -0.15) is 4.80 Å². The zero-order valence-electron chi connectivity index (χ0n) is 14.3. The van der Waals surface area contributed by atoms with Crippen LogP contribution in [0.3, 0.4) is 0 Å². The Morgan fingerprint density at radius 3 is 2.56 bits per heavy atom. The molecule has 2 heterocycles. The van der Waals surface area contributed by atoms with E-state index in [2.05, 4.69) is 20.5 Å². The number of tetrazole rings is 1. The van der Waals surface area contributed by atoms with Crippen LogP contribution in [0.2, 0.25) is 5.02 Å². The molecular weight excluding hydrogens is 384 g/mol. The second kappa shape index (κ2) is 7.34. The first-order valence-electron chi connectivity index (χ1n) is 8.11. The van der Waals surface area contributed by atoms with Crippen molar-refractivity contribution in [1.82, 2.24) is 30.0 Å². The number of aromatic amines is 1. The monoisotopic (exact) mass is 398 g/mol. The molecule has 4 rings (SSSR count). The third-order valence-corrected chi connectivity index (χ3v) is 4.69. The maximum absolute atomic E-state index is 5.94. The maximum atomic E-state index is 5.94. The van der Waals surface area contributed by atoms with Gasteiger partial charge < -0.3 is 4.74 Å². The summed E-state index contributed by atoms with van der Waals surface area (Å²) in [5.41, 5.74) is 2.63. The summed E-state index contributed by atoms with van der Waals surface area (Å²) >= 11 is 11.5. The molecule has 4 aromatic rings. The maximum Gasteiger partial charge on any atom is 0.209 e. The highest BCUT2D eigenvalue weighted by Crippen LogP contribution is 2.20. The van der Waals surface area contributed by atoms with Crippen LogP contribution < -0.4 is 4.74 Å². The van der Waals surface area contributed by atoms with Crippen molar-refractivity contribution in [2.45, 2.75) is 6.54 Å². The van der Waals surface area contributed by atoms with Crippen molar-refractivity contribution in [3.63, 3.8) is 0 Å². The molecule has 0 amide bonds. The Bertz CT molecular complexity index is 1110. The van der Waals surface area contributed by atoms with Crippen LogP contribution in [0.1, 0.15) is 5.56 Å². The van der Waals surface area contributed by atoms with Gasteiger partial charge in [0.2, 0.25) is 5.82 Å². The highest BCUT2D eigenvalue weighted by molar-refractivity contribution is 7.71. The van der Waals surface area contributed by atoms with Gasteiger partial charge in [0.1, 0.15) is 10.4 Å². The summed E-state index contributed by atoms with van der Waals surface area (Å²) in [6.07, 6.45) is 1.77. The summed E-state index contributed by atoms with van der Waals surface area (Å²) in [4.78, 5) is 1.53. The second-order valence-corrected chi connectivity index (χ2v) is 6.62. The van der Waals surface area contributed by atoms with Crippen molar-refractivity contribution in [2.75, 3.05) is 7.11 Å². The number of hydrogen-bond acceptors (Lipinski definition) is 5. The van der Waals surface area contributed by atoms with E-state index in [9.17, 15) is 0 Å². The average molecular weight is 399 g/mol. The van der Waals surface area contributed by atoms with Gasteiger partial charge in [0.25, 0.3) is 0 Å². The number of halogens is 1. The predicted octanol–water partition coefficient (Wildman–Crippen LogP) is 3.90. The van der Waals surface area contributed by atoms with Crippen molar-refractivity contribution in [1.29, 1.82) is 0 Å². The largest absolute Gasteiger partial charge is 0.497 e. The summed E-state index contributed by atoms with van der Waals surface area (Å²) < 4.78 is 7.50. The van der Waals surface area contributed by atoms with Crippen LogP contribution in [-0.2, 0) is 6.54 Å². The number of hydrogen-bond donors (Lipinski definition) is 1. The predicted molar refractivity (Wildman–Crippen MR) is 105 cm³/mol. The van der Waals surface area contributed by atoms with E-state index in [4.69, 9.17) is 28.6 Å². The highest BCUT2D eigenvalue weighted by atomic mass is 35.5. The molecule has 9 heteroatoms. The van der Waals surface area contributed by atoms with Gasteiger partial charge in [0, 0.05) is 11.2 Å². The van der Waals surface area contributed by atoms with Gasteiger partial charge in [-0.1, -0.05) is 36.0 Å². The Morgan fingerprint density at radius 1 is 1.11 bits per heavy atom. The van der Waals surface area contributed by atoms with Crippen LogP contribution in [0.5, 0.6) is 5.75 Å². The molecule has 0 saturated heterocycles. The second-order valence-electron chi connectivity index (χ2n) is 5.80. The van der Waals surface area contributed by atoms with Gasteiger partial charge in [-0.15, -0.1) is 10.2 Å². The number of methoxy groups -OCH3 is 1. The molecule has 0 unspecified atom stereocenters. The molecular formula is C18H15ClN6OS. The lowest BCUT2D eigenvalue weighted by molar-refractivity contribution is 0.414. The van der Waals surface area contributed by atoms with Crippen LogP contribution in [0, 0.1) is 4.64 Å². The molecule has 1 N–H and O–H groups in total. The minimum Gasteiger partial charge on any atom is -0.497 e. The van der Waals surface area contributed by atoms with Gasteiger partial charge >= 0.3 is 0 Å². The zero-order valence-corrected chi connectivity index (χ0v) is 15.9. The molecule has 136 valence electrons. The quantitative estimate of drug-likeness (QED) is 0.516. The number of rotatable bonds is 5. The van der Waals surface area contributed by atoms with E-state index in [0.717, 1.165) is 17.0 Å². The fraction of sp³-hybridized carbons (Fsp3) is 0.111. The van der Waals surface area contributed by atoms with Crippen molar-refractivity contribution in [3.05, 3.63) is 70.0 Å². The van der Waals surface area contributed by atoms with Gasteiger partial charge in [-0.3, -0.25) is 5.10 Å². The molecule has 0 fully saturated rings. The minimum atomic E-state index is 0.470. The fourth-order valence-corrected chi connectivity index (χ4v) is 3.06. The first-order valence-corrected chi connectivity index (χ1v) is 8.90. The summed E-state index contributed by atoms with van der Waals surface area (Å²) in [7, 11) is 1.64. The molecule has 0 radical (unpaired) electrons. The van der Waals surface area contributed by atoms with Crippen LogP contribution in [-0.4, -0.2) is 37.1 Å². The van der Waals surface area contributed by atoms with Crippen LogP contribution in [0.15, 0.2) is 54.7 Å². The summed E-state index contributed by atoms with van der Waals surface area (Å²) in [5, 5.41) is 16.5. The molecule has 7 nitrogen and oxygen atoms in total. The highest BCUT2D eigenvalue weighted by Gasteiger charge is 2.12. The molecule has 0 atom stereocenters. The van der Waals surface area contributed by atoms with Crippen LogP contribution in [0.4, 0.5) is 0 Å². The summed E-state index contributed by atoms with van der Waals surface area (Å²) in [6.45, 7) is 0.505. The van der Waals surface area contributed by atoms with E-state index in [-0.39, 0.29) is 0 Å². The van der Waals surface area contributed by atoms with Crippen LogP contribution >= 0.6 is 23.8 Å². The van der Waals surface area contributed by atoms with Crippen molar-refractivity contribution < 1.29 is 4.74 Å². The topological polar surface area (TPSA) is 73.5 Å². The van der Waals surface area contributed by atoms with E-state index in [1.807, 2.05) is 48.5 Å². The number of benzene rings is 2. The smallest absolute Gasteiger partial charge is 0.209 e. The van der Waals surface area contributed by atoms with Crippen molar-refractivity contribution in [3.8, 4) is 22.8 Å². The van der Waals surface area contributed by atoms with E-state index in [1.165, 1.54) is 4.80 Å².